The van der Waals surface area contributed by atoms with Crippen molar-refractivity contribution in [3.63, 3.8) is 0 Å². The molecule has 1 amide bonds. The number of hydrogen-bond donors (Lipinski definition) is 0. The second-order valence-corrected chi connectivity index (χ2v) is 7.09. The number of methoxy groups -OCH3 is 1. The molecule has 2 aromatic carbocycles. The number of amides is 1. The number of rotatable bonds is 6. The maximum absolute atomic E-state index is 13.4. The Balaban J connectivity index is 2.08. The van der Waals surface area contributed by atoms with Gasteiger partial charge >= 0.3 is 5.97 Å². The van der Waals surface area contributed by atoms with Gasteiger partial charge in [-0.25, -0.2) is 4.79 Å². The summed E-state index contributed by atoms with van der Waals surface area (Å²) in [6, 6.07) is 13.1. The van der Waals surface area contributed by atoms with E-state index in [4.69, 9.17) is 9.47 Å². The normalized spacial score (nSPS) is 15.0. The highest BCUT2D eigenvalue weighted by molar-refractivity contribution is 6.23. The second-order valence-electron chi connectivity index (χ2n) is 7.09. The van der Waals surface area contributed by atoms with E-state index in [1.54, 1.807) is 24.0 Å². The highest BCUT2D eigenvalue weighted by atomic mass is 16.5. The van der Waals surface area contributed by atoms with E-state index in [-0.39, 0.29) is 11.5 Å². The van der Waals surface area contributed by atoms with Gasteiger partial charge in [0.05, 0.1) is 18.3 Å². The number of aryl methyl sites for hydroxylation is 2. The first kappa shape index (κ1) is 21.1. The van der Waals surface area contributed by atoms with E-state index in [0.29, 0.717) is 29.3 Å². The van der Waals surface area contributed by atoms with Crippen LogP contribution in [0.2, 0.25) is 0 Å². The molecule has 154 valence electrons. The fraction of sp³-hybridized carbons (Fsp3) is 0.200. The molecule has 0 saturated heterocycles. The number of carbonyl (C=O) groups is 2. The minimum Gasteiger partial charge on any atom is -0.490 e. The van der Waals surface area contributed by atoms with Gasteiger partial charge < -0.3 is 9.47 Å². The van der Waals surface area contributed by atoms with Gasteiger partial charge in [0.15, 0.2) is 0 Å². The molecule has 0 unspecified atom stereocenters. The Labute approximate surface area is 176 Å². The van der Waals surface area contributed by atoms with Crippen molar-refractivity contribution >= 4 is 23.6 Å². The average Bonchev–Trinajstić information content (AvgIpc) is 2.98. The molecule has 5 nitrogen and oxygen atoms in total. The molecule has 0 aliphatic carbocycles. The van der Waals surface area contributed by atoms with Gasteiger partial charge in [0.25, 0.3) is 5.91 Å². The van der Waals surface area contributed by atoms with E-state index in [0.717, 1.165) is 16.7 Å². The molecule has 0 aromatic heterocycles. The molecular formula is C25H25NO4. The Morgan fingerprint density at radius 2 is 1.87 bits per heavy atom. The summed E-state index contributed by atoms with van der Waals surface area (Å²) in [5.74, 6) is -0.160. The van der Waals surface area contributed by atoms with E-state index in [2.05, 4.69) is 6.58 Å². The van der Waals surface area contributed by atoms with Crippen LogP contribution < -0.4 is 9.64 Å². The fourth-order valence-corrected chi connectivity index (χ4v) is 3.37. The minimum absolute atomic E-state index is 0.262. The number of benzene rings is 2. The third-order valence-corrected chi connectivity index (χ3v) is 5.08. The van der Waals surface area contributed by atoms with Crippen molar-refractivity contribution in [3.05, 3.63) is 88.7 Å². The fourth-order valence-electron chi connectivity index (χ4n) is 3.37. The van der Waals surface area contributed by atoms with Crippen LogP contribution in [0.1, 0.15) is 23.6 Å². The van der Waals surface area contributed by atoms with Crippen LogP contribution in [0.3, 0.4) is 0 Å². The predicted molar refractivity (Wildman–Crippen MR) is 118 cm³/mol. The van der Waals surface area contributed by atoms with Gasteiger partial charge in [0.2, 0.25) is 0 Å². The molecule has 0 atom stereocenters. The van der Waals surface area contributed by atoms with Gasteiger partial charge in [-0.3, -0.25) is 9.69 Å². The molecule has 1 aliphatic heterocycles. The molecule has 0 fully saturated rings. The molecular weight excluding hydrogens is 378 g/mol. The molecule has 1 heterocycles. The number of carbonyl (C=O) groups excluding carboxylic acids is 2. The van der Waals surface area contributed by atoms with Crippen molar-refractivity contribution < 1.29 is 19.1 Å². The highest BCUT2D eigenvalue weighted by Crippen LogP contribution is 2.36. The number of anilines is 1. The number of allylic oxidation sites excluding steroid dienone is 1. The molecule has 3 rings (SSSR count). The minimum atomic E-state index is -0.544. The topological polar surface area (TPSA) is 55.8 Å². The number of ether oxygens (including phenoxy) is 2. The van der Waals surface area contributed by atoms with Crippen molar-refractivity contribution in [3.8, 4) is 5.75 Å². The van der Waals surface area contributed by atoms with Crippen LogP contribution in [0.25, 0.3) is 6.08 Å². The summed E-state index contributed by atoms with van der Waals surface area (Å²) in [5.41, 5.74) is 4.76. The monoisotopic (exact) mass is 403 g/mol. The van der Waals surface area contributed by atoms with Crippen LogP contribution in [0.5, 0.6) is 5.75 Å². The van der Waals surface area contributed by atoms with Crippen LogP contribution in [0, 0.1) is 13.8 Å². The van der Waals surface area contributed by atoms with E-state index >= 15 is 0 Å². The maximum atomic E-state index is 13.4. The van der Waals surface area contributed by atoms with Crippen molar-refractivity contribution in [2.24, 2.45) is 0 Å². The van der Waals surface area contributed by atoms with Crippen molar-refractivity contribution in [2.75, 3.05) is 18.6 Å². The number of nitrogens with zero attached hydrogens (tertiary/aromatic N) is 1. The zero-order valence-corrected chi connectivity index (χ0v) is 17.7. The molecule has 2 aromatic rings. The summed E-state index contributed by atoms with van der Waals surface area (Å²) in [5, 5.41) is 0. The lowest BCUT2D eigenvalue weighted by Gasteiger charge is -2.19. The lowest BCUT2D eigenvalue weighted by atomic mass is 10.0. The van der Waals surface area contributed by atoms with E-state index in [9.17, 15) is 9.59 Å². The third-order valence-electron chi connectivity index (χ3n) is 5.08. The SMILES string of the molecule is C=CCOc1cccc(/C=C2\C(=O)N(c3ccc(C)c(C)c3)C(C)=C2C(=O)OC)c1. The first-order valence-corrected chi connectivity index (χ1v) is 9.64. The molecule has 0 N–H and O–H groups in total. The Bertz CT molecular complexity index is 1080. The molecule has 30 heavy (non-hydrogen) atoms. The van der Waals surface area contributed by atoms with Crippen LogP contribution in [-0.2, 0) is 14.3 Å². The van der Waals surface area contributed by atoms with Gasteiger partial charge in [-0.05, 0) is 67.8 Å². The first-order valence-electron chi connectivity index (χ1n) is 9.64. The second kappa shape index (κ2) is 8.82. The standard InChI is InChI=1S/C25H25NO4/c1-6-12-30-21-9-7-8-19(14-21)15-22-23(25(28)29-5)18(4)26(24(22)27)20-11-10-16(2)17(3)13-20/h6-11,13-15H,1,12H2,2-5H3/b22-15-. The van der Waals surface area contributed by atoms with Gasteiger partial charge in [-0.2, -0.15) is 0 Å². The Kier molecular flexibility index (Phi) is 6.21. The van der Waals surface area contributed by atoms with Gasteiger partial charge in [-0.1, -0.05) is 30.9 Å². The summed E-state index contributed by atoms with van der Waals surface area (Å²) in [4.78, 5) is 27.5. The molecule has 5 heteroatoms. The molecule has 0 spiro atoms. The van der Waals surface area contributed by atoms with E-state index in [1.165, 1.54) is 7.11 Å². The van der Waals surface area contributed by atoms with Crippen LogP contribution in [-0.4, -0.2) is 25.6 Å². The lowest BCUT2D eigenvalue weighted by molar-refractivity contribution is -0.136. The summed E-state index contributed by atoms with van der Waals surface area (Å²) in [6.45, 7) is 9.78. The average molecular weight is 403 g/mol. The first-order chi connectivity index (χ1) is 14.4. The number of hydrogen-bond acceptors (Lipinski definition) is 4. The van der Waals surface area contributed by atoms with Gasteiger partial charge in [0.1, 0.15) is 12.4 Å². The highest BCUT2D eigenvalue weighted by Gasteiger charge is 2.38. The molecule has 0 bridgehead atoms. The van der Waals surface area contributed by atoms with Crippen molar-refractivity contribution in [1.29, 1.82) is 0 Å². The van der Waals surface area contributed by atoms with Crippen LogP contribution in [0.15, 0.2) is 72.0 Å². The summed E-state index contributed by atoms with van der Waals surface area (Å²) in [6.07, 6.45) is 3.36. The summed E-state index contributed by atoms with van der Waals surface area (Å²) >= 11 is 0. The van der Waals surface area contributed by atoms with Crippen LogP contribution in [0.4, 0.5) is 5.69 Å². The van der Waals surface area contributed by atoms with Gasteiger partial charge in [0, 0.05) is 11.4 Å². The smallest absolute Gasteiger partial charge is 0.340 e. The van der Waals surface area contributed by atoms with E-state index < -0.39 is 5.97 Å². The molecule has 1 aliphatic rings. The van der Waals surface area contributed by atoms with E-state index in [1.807, 2.05) is 56.3 Å². The van der Waals surface area contributed by atoms with Crippen molar-refractivity contribution in [1.82, 2.24) is 0 Å². The molecule has 0 saturated carbocycles. The zero-order chi connectivity index (χ0) is 21.8. The zero-order valence-electron chi connectivity index (χ0n) is 17.7. The largest absolute Gasteiger partial charge is 0.490 e. The maximum Gasteiger partial charge on any atom is 0.340 e. The van der Waals surface area contributed by atoms with Gasteiger partial charge in [-0.15, -0.1) is 0 Å². The van der Waals surface area contributed by atoms with Crippen molar-refractivity contribution in [2.45, 2.75) is 20.8 Å². The quantitative estimate of drug-likeness (QED) is 0.397. The molecule has 0 radical (unpaired) electrons. The third kappa shape index (κ3) is 4.06. The summed E-state index contributed by atoms with van der Waals surface area (Å²) < 4.78 is 10.5. The number of esters is 1. The predicted octanol–water partition coefficient (Wildman–Crippen LogP) is 4.75. The Morgan fingerprint density at radius 3 is 2.53 bits per heavy atom. The lowest BCUT2D eigenvalue weighted by Crippen LogP contribution is -2.24. The Hall–Kier alpha value is -3.60. The van der Waals surface area contributed by atoms with Crippen LogP contribution >= 0.6 is 0 Å². The Morgan fingerprint density at radius 1 is 1.10 bits per heavy atom. The summed E-state index contributed by atoms with van der Waals surface area (Å²) in [7, 11) is 1.31.